The largest absolute Gasteiger partial charge is 0.273 e. The van der Waals surface area contributed by atoms with Gasteiger partial charge in [0.05, 0.1) is 11.3 Å². The summed E-state index contributed by atoms with van der Waals surface area (Å²) in [4.78, 5) is 21.5. The molecule has 2 saturated carbocycles. The molecule has 0 aliphatic heterocycles. The Morgan fingerprint density at radius 3 is 2.27 bits per heavy atom. The van der Waals surface area contributed by atoms with Gasteiger partial charge in [0.1, 0.15) is 0 Å². The van der Waals surface area contributed by atoms with E-state index in [0.717, 1.165) is 30.7 Å². The lowest BCUT2D eigenvalue weighted by atomic mass is 10.4. The fourth-order valence-electron chi connectivity index (χ4n) is 1.12. The lowest BCUT2D eigenvalue weighted by Gasteiger charge is -2.10. The van der Waals surface area contributed by atoms with Gasteiger partial charge in [-0.3, -0.25) is 4.79 Å². The molecule has 0 N–H and O–H groups in total. The van der Waals surface area contributed by atoms with Crippen molar-refractivity contribution in [2.75, 3.05) is 0 Å². The Kier molecular flexibility index (Phi) is 1.41. The molecule has 2 rings (SSSR count). The summed E-state index contributed by atoms with van der Waals surface area (Å²) in [5.74, 6) is 0.0656. The smallest absolute Gasteiger partial charge is 0.248 e. The first-order valence-corrected chi connectivity index (χ1v) is 3.99. The van der Waals surface area contributed by atoms with Crippen LogP contribution in [-0.4, -0.2) is 17.0 Å². The molecule has 4 heteroatoms. The lowest BCUT2D eigenvalue weighted by Crippen LogP contribution is -2.28. The number of hydrogen-bond donors (Lipinski definition) is 0. The molecule has 60 valence electrons. The SMILES string of the molecule is O=NN(C(=O)C1CC1)C1CC1. The molecule has 0 spiro atoms. The van der Waals surface area contributed by atoms with Crippen LogP contribution in [0.5, 0.6) is 0 Å². The van der Waals surface area contributed by atoms with Gasteiger partial charge in [-0.2, -0.15) is 5.01 Å². The van der Waals surface area contributed by atoms with Crippen molar-refractivity contribution < 1.29 is 4.79 Å². The first kappa shape index (κ1) is 6.76. The molecule has 2 fully saturated rings. The highest BCUT2D eigenvalue weighted by Gasteiger charge is 2.41. The van der Waals surface area contributed by atoms with Gasteiger partial charge >= 0.3 is 0 Å². The molecule has 0 aromatic carbocycles. The third-order valence-electron chi connectivity index (χ3n) is 2.13. The van der Waals surface area contributed by atoms with Crippen molar-refractivity contribution in [1.82, 2.24) is 5.01 Å². The van der Waals surface area contributed by atoms with E-state index in [1.54, 1.807) is 0 Å². The lowest BCUT2D eigenvalue weighted by molar-refractivity contribution is -0.133. The van der Waals surface area contributed by atoms with Gasteiger partial charge in [0, 0.05) is 5.92 Å². The molecule has 0 aromatic heterocycles. The zero-order valence-electron chi connectivity index (χ0n) is 6.19. The number of amides is 1. The topological polar surface area (TPSA) is 49.7 Å². The highest BCUT2D eigenvalue weighted by Crippen LogP contribution is 2.35. The number of nitrogens with zero attached hydrogens (tertiary/aromatic N) is 2. The number of carbonyl (C=O) groups is 1. The van der Waals surface area contributed by atoms with Gasteiger partial charge in [-0.15, -0.1) is 4.91 Å². The van der Waals surface area contributed by atoms with Gasteiger partial charge in [-0.1, -0.05) is 0 Å². The number of hydrogen-bond acceptors (Lipinski definition) is 3. The molecule has 1 amide bonds. The monoisotopic (exact) mass is 154 g/mol. The van der Waals surface area contributed by atoms with E-state index in [2.05, 4.69) is 5.29 Å². The Morgan fingerprint density at radius 1 is 1.27 bits per heavy atom. The quantitative estimate of drug-likeness (QED) is 0.451. The van der Waals surface area contributed by atoms with Crippen LogP contribution in [0.4, 0.5) is 0 Å². The van der Waals surface area contributed by atoms with Crippen LogP contribution in [0.2, 0.25) is 0 Å². The van der Waals surface area contributed by atoms with E-state index >= 15 is 0 Å². The molecule has 0 aromatic rings. The Balaban J connectivity index is 1.97. The Hall–Kier alpha value is -0.930. The van der Waals surface area contributed by atoms with Crippen LogP contribution >= 0.6 is 0 Å². The molecule has 4 nitrogen and oxygen atoms in total. The van der Waals surface area contributed by atoms with Crippen molar-refractivity contribution in [2.24, 2.45) is 11.2 Å². The van der Waals surface area contributed by atoms with Crippen LogP contribution in [0.3, 0.4) is 0 Å². The fourth-order valence-corrected chi connectivity index (χ4v) is 1.12. The molecule has 0 radical (unpaired) electrons. The molecule has 2 aliphatic rings. The summed E-state index contributed by atoms with van der Waals surface area (Å²) in [6.07, 6.45) is 3.78. The highest BCUT2D eigenvalue weighted by molar-refractivity contribution is 5.81. The summed E-state index contributed by atoms with van der Waals surface area (Å²) in [5.41, 5.74) is 0. The molecule has 0 unspecified atom stereocenters. The highest BCUT2D eigenvalue weighted by atomic mass is 16.3. The standard InChI is InChI=1S/C7H10N2O2/c10-7(5-1-2-5)9(8-11)6-3-4-6/h5-6H,1-4H2. The van der Waals surface area contributed by atoms with Crippen LogP contribution in [0.1, 0.15) is 25.7 Å². The summed E-state index contributed by atoms with van der Waals surface area (Å²) < 4.78 is 0. The normalized spacial score (nSPS) is 22.9. The molecular formula is C7H10N2O2. The second-order valence-corrected chi connectivity index (χ2v) is 3.27. The zero-order chi connectivity index (χ0) is 7.84. The molecule has 0 atom stereocenters. The van der Waals surface area contributed by atoms with Crippen molar-refractivity contribution in [3.8, 4) is 0 Å². The van der Waals surface area contributed by atoms with Gasteiger partial charge in [-0.05, 0) is 25.7 Å². The number of nitroso groups, excluding NO2 is 1. The summed E-state index contributed by atoms with van der Waals surface area (Å²) in [6, 6.07) is 0.139. The van der Waals surface area contributed by atoms with Gasteiger partial charge in [-0.25, -0.2) is 0 Å². The number of rotatable bonds is 3. The average molecular weight is 154 g/mol. The van der Waals surface area contributed by atoms with Crippen LogP contribution < -0.4 is 0 Å². The minimum absolute atomic E-state index is 0.0532. The Morgan fingerprint density at radius 2 is 1.91 bits per heavy atom. The summed E-state index contributed by atoms with van der Waals surface area (Å²) in [6.45, 7) is 0. The molecule has 0 bridgehead atoms. The minimum atomic E-state index is -0.0532. The predicted molar refractivity (Wildman–Crippen MR) is 38.4 cm³/mol. The maximum Gasteiger partial charge on any atom is 0.248 e. The van der Waals surface area contributed by atoms with E-state index in [0.29, 0.717) is 0 Å². The van der Waals surface area contributed by atoms with Crippen molar-refractivity contribution in [3.63, 3.8) is 0 Å². The first-order valence-electron chi connectivity index (χ1n) is 3.99. The maximum absolute atomic E-state index is 11.3. The third kappa shape index (κ3) is 1.25. The molecule has 11 heavy (non-hydrogen) atoms. The van der Waals surface area contributed by atoms with E-state index in [-0.39, 0.29) is 17.9 Å². The molecule has 2 aliphatic carbocycles. The van der Waals surface area contributed by atoms with E-state index < -0.39 is 0 Å². The van der Waals surface area contributed by atoms with Crippen LogP contribution in [0.25, 0.3) is 0 Å². The summed E-state index contributed by atoms with van der Waals surface area (Å²) in [7, 11) is 0. The van der Waals surface area contributed by atoms with Gasteiger partial charge in [0.25, 0.3) is 0 Å². The maximum atomic E-state index is 11.3. The van der Waals surface area contributed by atoms with Crippen LogP contribution in [0, 0.1) is 10.8 Å². The van der Waals surface area contributed by atoms with Crippen molar-refractivity contribution in [1.29, 1.82) is 0 Å². The van der Waals surface area contributed by atoms with Gasteiger partial charge in [0.2, 0.25) is 5.91 Å². The zero-order valence-corrected chi connectivity index (χ0v) is 6.19. The Labute approximate surface area is 64.5 Å². The second kappa shape index (κ2) is 2.29. The van der Waals surface area contributed by atoms with Crippen molar-refractivity contribution in [3.05, 3.63) is 4.91 Å². The van der Waals surface area contributed by atoms with Crippen molar-refractivity contribution in [2.45, 2.75) is 31.7 Å². The van der Waals surface area contributed by atoms with Gasteiger partial charge in [0.15, 0.2) is 0 Å². The van der Waals surface area contributed by atoms with E-state index in [1.165, 1.54) is 0 Å². The van der Waals surface area contributed by atoms with E-state index in [9.17, 15) is 9.70 Å². The summed E-state index contributed by atoms with van der Waals surface area (Å²) >= 11 is 0. The minimum Gasteiger partial charge on any atom is -0.273 e. The van der Waals surface area contributed by atoms with E-state index in [4.69, 9.17) is 0 Å². The molecule has 0 saturated heterocycles. The van der Waals surface area contributed by atoms with Gasteiger partial charge < -0.3 is 0 Å². The van der Waals surface area contributed by atoms with E-state index in [1.807, 2.05) is 0 Å². The fraction of sp³-hybridized carbons (Fsp3) is 0.857. The van der Waals surface area contributed by atoms with Crippen LogP contribution in [-0.2, 0) is 4.79 Å². The predicted octanol–water partition coefficient (Wildman–Crippen LogP) is 1.07. The van der Waals surface area contributed by atoms with Crippen LogP contribution in [0.15, 0.2) is 5.29 Å². The third-order valence-corrected chi connectivity index (χ3v) is 2.13. The summed E-state index contributed by atoms with van der Waals surface area (Å²) in [5, 5.41) is 3.88. The average Bonchev–Trinajstić information content (AvgIpc) is 2.86. The van der Waals surface area contributed by atoms with Crippen molar-refractivity contribution >= 4 is 5.91 Å². The Bertz CT molecular complexity index is 197. The molecule has 0 heterocycles. The first-order chi connectivity index (χ1) is 5.33. The molecular weight excluding hydrogens is 144 g/mol. The second-order valence-electron chi connectivity index (χ2n) is 3.27. The number of carbonyl (C=O) groups excluding carboxylic acids is 1.